The molecule has 1 unspecified atom stereocenters. The fraction of sp³-hybridized carbons (Fsp3) is 0.417. The Morgan fingerprint density at radius 2 is 1.73 bits per heavy atom. The lowest BCUT2D eigenvalue weighted by Gasteiger charge is -2.42. The van der Waals surface area contributed by atoms with Crippen molar-refractivity contribution in [1.29, 1.82) is 0 Å². The van der Waals surface area contributed by atoms with Crippen molar-refractivity contribution in [2.45, 2.75) is 51.7 Å². The second-order valence-corrected chi connectivity index (χ2v) is 7.71. The number of benzene rings is 2. The molecule has 2 nitrogen and oxygen atoms in total. The minimum atomic E-state index is 0.623. The maximum Gasteiger partial charge on any atom is 0.119 e. The van der Waals surface area contributed by atoms with E-state index in [0.717, 1.165) is 5.75 Å². The predicted octanol–water partition coefficient (Wildman–Crippen LogP) is 5.61. The lowest BCUT2D eigenvalue weighted by molar-refractivity contribution is 0.121. The zero-order valence-corrected chi connectivity index (χ0v) is 15.8. The molecular formula is C24H29NO. The third-order valence-electron chi connectivity index (χ3n) is 5.71. The molecule has 1 aliphatic carbocycles. The number of nitrogens with zero attached hydrogens (tertiary/aromatic N) is 1. The lowest BCUT2D eigenvalue weighted by atomic mass is 9.86. The Hall–Kier alpha value is -2.06. The third-order valence-corrected chi connectivity index (χ3v) is 5.71. The van der Waals surface area contributed by atoms with Crippen LogP contribution in [-0.4, -0.2) is 24.0 Å². The number of likely N-dealkylation sites (tertiary alicyclic amines) is 1. The molecule has 4 rings (SSSR count). The monoisotopic (exact) mass is 347 g/mol. The summed E-state index contributed by atoms with van der Waals surface area (Å²) >= 11 is 0. The SMILES string of the molecule is Cc1ccc(COc2ccc(C=C3CCCCC3N3CCC3)cc2)cc1. The van der Waals surface area contributed by atoms with Crippen LogP contribution in [-0.2, 0) is 6.61 Å². The first-order valence-corrected chi connectivity index (χ1v) is 10.0. The number of hydrogen-bond donors (Lipinski definition) is 0. The maximum absolute atomic E-state index is 5.93. The molecule has 0 bridgehead atoms. The van der Waals surface area contributed by atoms with Crippen LogP contribution in [0.15, 0.2) is 54.1 Å². The number of hydrogen-bond acceptors (Lipinski definition) is 2. The van der Waals surface area contributed by atoms with Crippen LogP contribution in [0.3, 0.4) is 0 Å². The van der Waals surface area contributed by atoms with Gasteiger partial charge in [-0.1, -0.05) is 60.0 Å². The minimum Gasteiger partial charge on any atom is -0.489 e. The summed E-state index contributed by atoms with van der Waals surface area (Å²) in [5, 5.41) is 0. The maximum atomic E-state index is 5.93. The van der Waals surface area contributed by atoms with Crippen LogP contribution in [0.5, 0.6) is 5.75 Å². The quantitative estimate of drug-likeness (QED) is 0.697. The summed E-state index contributed by atoms with van der Waals surface area (Å²) in [6.07, 6.45) is 9.11. The van der Waals surface area contributed by atoms with Crippen LogP contribution in [0.1, 0.15) is 48.8 Å². The average Bonchev–Trinajstić information content (AvgIpc) is 2.63. The molecule has 1 aliphatic heterocycles. The molecule has 2 heteroatoms. The second kappa shape index (κ2) is 8.09. The van der Waals surface area contributed by atoms with Gasteiger partial charge in [0.15, 0.2) is 0 Å². The molecule has 0 amide bonds. The van der Waals surface area contributed by atoms with Gasteiger partial charge in [-0.05, 0) is 69.0 Å². The van der Waals surface area contributed by atoms with Crippen molar-refractivity contribution in [3.8, 4) is 5.75 Å². The third kappa shape index (κ3) is 4.19. The average molecular weight is 348 g/mol. The van der Waals surface area contributed by atoms with E-state index in [4.69, 9.17) is 4.74 Å². The van der Waals surface area contributed by atoms with Crippen LogP contribution in [0.4, 0.5) is 0 Å². The van der Waals surface area contributed by atoms with Crippen LogP contribution < -0.4 is 4.74 Å². The van der Waals surface area contributed by atoms with Crippen molar-refractivity contribution in [2.24, 2.45) is 0 Å². The van der Waals surface area contributed by atoms with Crippen LogP contribution in [0.25, 0.3) is 6.08 Å². The molecule has 1 heterocycles. The summed E-state index contributed by atoms with van der Waals surface area (Å²) in [6.45, 7) is 5.30. The van der Waals surface area contributed by atoms with Crippen molar-refractivity contribution in [3.05, 3.63) is 70.8 Å². The molecule has 0 spiro atoms. The van der Waals surface area contributed by atoms with Gasteiger partial charge in [0.2, 0.25) is 0 Å². The predicted molar refractivity (Wildman–Crippen MR) is 108 cm³/mol. The highest BCUT2D eigenvalue weighted by molar-refractivity contribution is 5.55. The summed E-state index contributed by atoms with van der Waals surface area (Å²) in [4.78, 5) is 2.66. The molecule has 0 aromatic heterocycles. The molecule has 26 heavy (non-hydrogen) atoms. The molecule has 2 aliphatic rings. The van der Waals surface area contributed by atoms with E-state index in [2.05, 4.69) is 66.4 Å². The number of aryl methyl sites for hydroxylation is 1. The molecule has 1 saturated heterocycles. The van der Waals surface area contributed by atoms with E-state index in [0.29, 0.717) is 12.6 Å². The Morgan fingerprint density at radius 3 is 2.42 bits per heavy atom. The highest BCUT2D eigenvalue weighted by Gasteiger charge is 2.28. The van der Waals surface area contributed by atoms with Gasteiger partial charge in [0.25, 0.3) is 0 Å². The molecule has 1 saturated carbocycles. The highest BCUT2D eigenvalue weighted by Crippen LogP contribution is 2.32. The summed E-state index contributed by atoms with van der Waals surface area (Å²) in [6, 6.07) is 17.8. The first-order valence-electron chi connectivity index (χ1n) is 10.0. The highest BCUT2D eigenvalue weighted by atomic mass is 16.5. The Bertz CT molecular complexity index is 741. The first kappa shape index (κ1) is 17.4. The van der Waals surface area contributed by atoms with E-state index >= 15 is 0 Å². The van der Waals surface area contributed by atoms with E-state index < -0.39 is 0 Å². The van der Waals surface area contributed by atoms with Gasteiger partial charge >= 0.3 is 0 Å². The van der Waals surface area contributed by atoms with Gasteiger partial charge in [-0.2, -0.15) is 0 Å². The first-order chi connectivity index (χ1) is 12.8. The van der Waals surface area contributed by atoms with Gasteiger partial charge in [-0.15, -0.1) is 0 Å². The van der Waals surface area contributed by atoms with Crippen molar-refractivity contribution < 1.29 is 4.74 Å². The normalized spacial score (nSPS) is 22.2. The van der Waals surface area contributed by atoms with Crippen molar-refractivity contribution in [1.82, 2.24) is 4.90 Å². The topological polar surface area (TPSA) is 12.5 Å². The molecule has 2 aromatic carbocycles. The smallest absolute Gasteiger partial charge is 0.119 e. The summed E-state index contributed by atoms with van der Waals surface area (Å²) in [7, 11) is 0. The number of ether oxygens (including phenoxy) is 1. The molecule has 2 aromatic rings. The molecule has 0 radical (unpaired) electrons. The lowest BCUT2D eigenvalue weighted by Crippen LogP contribution is -2.46. The van der Waals surface area contributed by atoms with E-state index in [9.17, 15) is 0 Å². The largest absolute Gasteiger partial charge is 0.489 e. The Balaban J connectivity index is 1.39. The molecular weight excluding hydrogens is 318 g/mol. The zero-order valence-electron chi connectivity index (χ0n) is 15.8. The summed E-state index contributed by atoms with van der Waals surface area (Å²) in [5.41, 5.74) is 5.42. The van der Waals surface area contributed by atoms with E-state index in [1.165, 1.54) is 61.9 Å². The molecule has 0 N–H and O–H groups in total. The molecule has 2 fully saturated rings. The fourth-order valence-corrected chi connectivity index (χ4v) is 3.98. The Morgan fingerprint density at radius 1 is 0.962 bits per heavy atom. The minimum absolute atomic E-state index is 0.623. The van der Waals surface area contributed by atoms with Gasteiger partial charge in [0, 0.05) is 6.04 Å². The van der Waals surface area contributed by atoms with Crippen LogP contribution >= 0.6 is 0 Å². The Kier molecular flexibility index (Phi) is 5.40. The molecule has 136 valence electrons. The van der Waals surface area contributed by atoms with Gasteiger partial charge in [-0.3, -0.25) is 4.90 Å². The van der Waals surface area contributed by atoms with Gasteiger partial charge in [0.1, 0.15) is 12.4 Å². The van der Waals surface area contributed by atoms with E-state index in [1.807, 2.05) is 0 Å². The van der Waals surface area contributed by atoms with Crippen molar-refractivity contribution >= 4 is 6.08 Å². The van der Waals surface area contributed by atoms with E-state index in [-0.39, 0.29) is 0 Å². The summed E-state index contributed by atoms with van der Waals surface area (Å²) in [5.74, 6) is 0.940. The molecule has 1 atom stereocenters. The van der Waals surface area contributed by atoms with E-state index in [1.54, 1.807) is 5.57 Å². The standard InChI is InChI=1S/C24H29NO/c1-19-7-9-21(10-8-19)18-26-23-13-11-20(12-14-23)17-22-5-2-3-6-24(22)25-15-4-16-25/h7-14,17,24H,2-6,15-16,18H2,1H3. The van der Waals surface area contributed by atoms with Gasteiger partial charge in [-0.25, -0.2) is 0 Å². The van der Waals surface area contributed by atoms with Gasteiger partial charge in [0.05, 0.1) is 0 Å². The van der Waals surface area contributed by atoms with Crippen molar-refractivity contribution in [2.75, 3.05) is 13.1 Å². The second-order valence-electron chi connectivity index (χ2n) is 7.71. The van der Waals surface area contributed by atoms with Crippen molar-refractivity contribution in [3.63, 3.8) is 0 Å². The van der Waals surface area contributed by atoms with Crippen LogP contribution in [0, 0.1) is 6.92 Å². The Labute approximate surface area is 157 Å². The van der Waals surface area contributed by atoms with Gasteiger partial charge < -0.3 is 4.74 Å². The summed E-state index contributed by atoms with van der Waals surface area (Å²) < 4.78 is 5.93. The zero-order chi connectivity index (χ0) is 17.8. The number of rotatable bonds is 5. The fourth-order valence-electron chi connectivity index (χ4n) is 3.98. The van der Waals surface area contributed by atoms with Crippen LogP contribution in [0.2, 0.25) is 0 Å².